The van der Waals surface area contributed by atoms with Crippen LogP contribution in [0.15, 0.2) is 36.5 Å². The minimum absolute atomic E-state index is 0.0670. The molecular weight excluding hydrogens is 997 g/mol. The Morgan fingerprint density at radius 3 is 0.691 bits per heavy atom. The van der Waals surface area contributed by atoms with Gasteiger partial charge in [-0.25, -0.2) is 0 Å². The number of unbranched alkanes of at least 4 members (excludes halogenated alkanes) is 51. The monoisotopic (exact) mass is 1140 g/mol. The Bertz CT molecular complexity index is 1350. The van der Waals surface area contributed by atoms with Crippen LogP contribution in [0.25, 0.3) is 0 Å². The average Bonchev–Trinajstić information content (AvgIpc) is 3.47. The first-order chi connectivity index (χ1) is 40.0. The number of hydrogen-bond donors (Lipinski definition) is 0. The van der Waals surface area contributed by atoms with E-state index in [-0.39, 0.29) is 31.1 Å². The minimum atomic E-state index is -0.771. The molecular formula is C75H140O6. The van der Waals surface area contributed by atoms with E-state index in [0.29, 0.717) is 19.3 Å². The summed E-state index contributed by atoms with van der Waals surface area (Å²) in [6.45, 7) is 6.71. The van der Waals surface area contributed by atoms with Crippen molar-refractivity contribution in [3.8, 4) is 0 Å². The molecule has 0 rings (SSSR count). The topological polar surface area (TPSA) is 78.9 Å². The first-order valence-electron chi connectivity index (χ1n) is 36.5. The van der Waals surface area contributed by atoms with E-state index in [4.69, 9.17) is 14.2 Å². The van der Waals surface area contributed by atoms with Crippen LogP contribution in [0.2, 0.25) is 0 Å². The summed E-state index contributed by atoms with van der Waals surface area (Å²) in [5.41, 5.74) is 0. The molecule has 0 radical (unpaired) electrons. The van der Waals surface area contributed by atoms with E-state index < -0.39 is 6.10 Å². The van der Waals surface area contributed by atoms with Gasteiger partial charge in [-0.15, -0.1) is 0 Å². The smallest absolute Gasteiger partial charge is 0.306 e. The molecule has 0 saturated heterocycles. The molecule has 1 atom stereocenters. The highest BCUT2D eigenvalue weighted by molar-refractivity contribution is 5.71. The number of allylic oxidation sites excluding steroid dienone is 6. The molecule has 81 heavy (non-hydrogen) atoms. The van der Waals surface area contributed by atoms with E-state index in [1.165, 1.54) is 302 Å². The molecule has 0 saturated carbocycles. The van der Waals surface area contributed by atoms with Gasteiger partial charge >= 0.3 is 17.9 Å². The van der Waals surface area contributed by atoms with Crippen molar-refractivity contribution in [2.75, 3.05) is 13.2 Å². The minimum Gasteiger partial charge on any atom is -0.462 e. The lowest BCUT2D eigenvalue weighted by Crippen LogP contribution is -2.30. The SMILES string of the molecule is CCCCCCC/C=C\C/C=C\CCCCCCCCCCCCCCCCCC(=O)OCC(COC(=O)CCCCCCCCCCCCCCCCC)OC(=O)CCCCCCCCCCC/C=C\CCCCCCCCCC. The highest BCUT2D eigenvalue weighted by Crippen LogP contribution is 2.18. The highest BCUT2D eigenvalue weighted by Gasteiger charge is 2.19. The summed E-state index contributed by atoms with van der Waals surface area (Å²) in [6.07, 6.45) is 87.5. The third-order valence-electron chi connectivity index (χ3n) is 16.6. The van der Waals surface area contributed by atoms with Gasteiger partial charge in [-0.2, -0.15) is 0 Å². The van der Waals surface area contributed by atoms with Gasteiger partial charge in [-0.3, -0.25) is 14.4 Å². The van der Waals surface area contributed by atoms with Gasteiger partial charge in [-0.1, -0.05) is 346 Å². The van der Waals surface area contributed by atoms with Crippen LogP contribution in [0.4, 0.5) is 0 Å². The molecule has 476 valence electrons. The molecule has 0 aromatic rings. The van der Waals surface area contributed by atoms with Crippen LogP contribution in [0.1, 0.15) is 406 Å². The van der Waals surface area contributed by atoms with Gasteiger partial charge in [0, 0.05) is 19.3 Å². The molecule has 0 spiro atoms. The second kappa shape index (κ2) is 70.1. The first-order valence-corrected chi connectivity index (χ1v) is 36.5. The summed E-state index contributed by atoms with van der Waals surface area (Å²) < 4.78 is 17.0. The number of carbonyl (C=O) groups is 3. The fraction of sp³-hybridized carbons (Fsp3) is 0.880. The summed E-state index contributed by atoms with van der Waals surface area (Å²) in [5.74, 6) is -0.837. The Morgan fingerprint density at radius 2 is 0.444 bits per heavy atom. The lowest BCUT2D eigenvalue weighted by Gasteiger charge is -2.18. The van der Waals surface area contributed by atoms with Crippen LogP contribution in [-0.2, 0) is 28.6 Å². The predicted molar refractivity (Wildman–Crippen MR) is 353 cm³/mol. The Labute approximate surface area is 506 Å². The fourth-order valence-corrected chi connectivity index (χ4v) is 11.1. The number of ether oxygens (including phenoxy) is 3. The number of hydrogen-bond acceptors (Lipinski definition) is 6. The predicted octanol–water partition coefficient (Wildman–Crippen LogP) is 25.1. The molecule has 0 aliphatic carbocycles. The number of carbonyl (C=O) groups excluding carboxylic acids is 3. The highest BCUT2D eigenvalue weighted by atomic mass is 16.6. The van der Waals surface area contributed by atoms with Crippen LogP contribution in [0, 0.1) is 0 Å². The van der Waals surface area contributed by atoms with Crippen molar-refractivity contribution >= 4 is 17.9 Å². The van der Waals surface area contributed by atoms with Gasteiger partial charge in [0.1, 0.15) is 13.2 Å². The summed E-state index contributed by atoms with van der Waals surface area (Å²) in [5, 5.41) is 0. The molecule has 6 heteroatoms. The van der Waals surface area contributed by atoms with Crippen molar-refractivity contribution in [3.63, 3.8) is 0 Å². The van der Waals surface area contributed by atoms with Gasteiger partial charge in [0.25, 0.3) is 0 Å². The van der Waals surface area contributed by atoms with Crippen LogP contribution < -0.4 is 0 Å². The normalized spacial score (nSPS) is 12.2. The van der Waals surface area contributed by atoms with Crippen LogP contribution >= 0.6 is 0 Å². The fourth-order valence-electron chi connectivity index (χ4n) is 11.1. The maximum absolute atomic E-state index is 13.0. The average molecular weight is 1140 g/mol. The quantitative estimate of drug-likeness (QED) is 0.0261. The number of esters is 3. The Kier molecular flexibility index (Phi) is 68.1. The second-order valence-corrected chi connectivity index (χ2v) is 24.9. The van der Waals surface area contributed by atoms with Crippen LogP contribution in [0.5, 0.6) is 0 Å². The van der Waals surface area contributed by atoms with E-state index in [9.17, 15) is 14.4 Å². The molecule has 0 aromatic carbocycles. The van der Waals surface area contributed by atoms with Crippen molar-refractivity contribution < 1.29 is 28.6 Å². The van der Waals surface area contributed by atoms with Crippen molar-refractivity contribution in [3.05, 3.63) is 36.5 Å². The summed E-state index contributed by atoms with van der Waals surface area (Å²) in [4.78, 5) is 38.5. The summed E-state index contributed by atoms with van der Waals surface area (Å²) in [7, 11) is 0. The molecule has 0 aliphatic heterocycles. The molecule has 1 unspecified atom stereocenters. The largest absolute Gasteiger partial charge is 0.462 e. The molecule has 0 heterocycles. The van der Waals surface area contributed by atoms with Gasteiger partial charge in [0.2, 0.25) is 0 Å². The first kappa shape index (κ1) is 78.6. The molecule has 0 bridgehead atoms. The van der Waals surface area contributed by atoms with Crippen molar-refractivity contribution in [2.24, 2.45) is 0 Å². The van der Waals surface area contributed by atoms with E-state index in [1.54, 1.807) is 0 Å². The Hall–Kier alpha value is -2.37. The van der Waals surface area contributed by atoms with E-state index in [2.05, 4.69) is 57.2 Å². The van der Waals surface area contributed by atoms with Gasteiger partial charge in [0.15, 0.2) is 6.10 Å². The Balaban J connectivity index is 4.25. The standard InChI is InChI=1S/C75H140O6/c1-4-7-10-13-16-19-22-25-28-30-32-34-35-36-37-38-39-41-42-44-47-50-53-56-59-62-65-68-74(77)80-71-72(70-79-73(76)67-64-61-58-55-52-49-46-27-24-21-18-15-12-9-6-3)81-75(78)69-66-63-60-57-54-51-48-45-43-40-33-31-29-26-23-20-17-14-11-8-5-2/h22,25,30-33,72H,4-21,23-24,26-29,34-71H2,1-3H3/b25-22-,32-30-,33-31-. The van der Waals surface area contributed by atoms with E-state index in [1.807, 2.05) is 0 Å². The second-order valence-electron chi connectivity index (χ2n) is 24.9. The van der Waals surface area contributed by atoms with Crippen LogP contribution in [0.3, 0.4) is 0 Å². The third kappa shape index (κ3) is 68.3. The molecule has 0 N–H and O–H groups in total. The van der Waals surface area contributed by atoms with Crippen molar-refractivity contribution in [1.82, 2.24) is 0 Å². The zero-order valence-electron chi connectivity index (χ0n) is 54.8. The van der Waals surface area contributed by atoms with E-state index in [0.717, 1.165) is 64.2 Å². The lowest BCUT2D eigenvalue weighted by molar-refractivity contribution is -0.167. The van der Waals surface area contributed by atoms with Gasteiger partial charge in [-0.05, 0) is 77.0 Å². The molecule has 0 aliphatic rings. The molecule has 6 nitrogen and oxygen atoms in total. The summed E-state index contributed by atoms with van der Waals surface area (Å²) >= 11 is 0. The number of rotatable bonds is 68. The molecule has 0 aromatic heterocycles. The maximum Gasteiger partial charge on any atom is 0.306 e. The maximum atomic E-state index is 13.0. The zero-order chi connectivity index (χ0) is 58.5. The molecule has 0 amide bonds. The van der Waals surface area contributed by atoms with Crippen molar-refractivity contribution in [1.29, 1.82) is 0 Å². The molecule has 0 fully saturated rings. The van der Waals surface area contributed by atoms with Crippen molar-refractivity contribution in [2.45, 2.75) is 412 Å². The zero-order valence-corrected chi connectivity index (χ0v) is 54.8. The van der Waals surface area contributed by atoms with Crippen LogP contribution in [-0.4, -0.2) is 37.2 Å². The third-order valence-corrected chi connectivity index (χ3v) is 16.6. The summed E-state index contributed by atoms with van der Waals surface area (Å²) in [6, 6.07) is 0. The van der Waals surface area contributed by atoms with E-state index >= 15 is 0 Å². The lowest BCUT2D eigenvalue weighted by atomic mass is 10.0. The van der Waals surface area contributed by atoms with Gasteiger partial charge in [0.05, 0.1) is 0 Å². The Morgan fingerprint density at radius 1 is 0.247 bits per heavy atom. The van der Waals surface area contributed by atoms with Gasteiger partial charge < -0.3 is 14.2 Å².